The number of carbonyl (C=O) groups is 1. The summed E-state index contributed by atoms with van der Waals surface area (Å²) in [6.45, 7) is 0.336. The molecule has 2 N–H and O–H groups in total. The number of hydrogen-bond donors (Lipinski definition) is 2. The van der Waals surface area contributed by atoms with Gasteiger partial charge in [0.2, 0.25) is 5.91 Å². The molecule has 2 aromatic carbocycles. The minimum absolute atomic E-state index is 0. The van der Waals surface area contributed by atoms with E-state index in [0.29, 0.717) is 6.54 Å². The number of anilines is 1. The van der Waals surface area contributed by atoms with E-state index in [1.807, 2.05) is 6.07 Å². The Morgan fingerprint density at radius 3 is 2.63 bits per heavy atom. The van der Waals surface area contributed by atoms with E-state index in [2.05, 4.69) is 34.9 Å². The lowest BCUT2D eigenvalue weighted by Gasteiger charge is -2.10. The maximum Gasteiger partial charge on any atom is 0.238 e. The lowest BCUT2D eigenvalue weighted by Crippen LogP contribution is -2.25. The number of rotatable bonds is 3. The van der Waals surface area contributed by atoms with Crippen molar-refractivity contribution in [2.75, 3.05) is 18.9 Å². The monoisotopic (exact) mass is 276 g/mol. The highest BCUT2D eigenvalue weighted by Crippen LogP contribution is 2.34. The summed E-state index contributed by atoms with van der Waals surface area (Å²) in [4.78, 5) is 11.7. The molecule has 0 unspecified atom stereocenters. The molecular formula is C15H17ClN2O. The van der Waals surface area contributed by atoms with Gasteiger partial charge in [0.05, 0.1) is 6.54 Å². The van der Waals surface area contributed by atoms with Crippen molar-refractivity contribution in [3.8, 4) is 0 Å². The fraction of sp³-hybridized carbons (Fsp3) is 0.267. The number of halogens is 1. The molecule has 0 fully saturated rings. The quantitative estimate of drug-likeness (QED) is 0.904. The Morgan fingerprint density at radius 2 is 1.89 bits per heavy atom. The molecule has 0 radical (unpaired) electrons. The van der Waals surface area contributed by atoms with Gasteiger partial charge in [-0.25, -0.2) is 0 Å². The van der Waals surface area contributed by atoms with Crippen LogP contribution in [0.4, 0.5) is 5.69 Å². The van der Waals surface area contributed by atoms with Crippen LogP contribution in [0.1, 0.15) is 11.1 Å². The molecule has 0 heterocycles. The fourth-order valence-electron chi connectivity index (χ4n) is 2.71. The molecule has 0 aliphatic heterocycles. The van der Waals surface area contributed by atoms with Crippen molar-refractivity contribution in [1.82, 2.24) is 5.32 Å². The first kappa shape index (κ1) is 13.8. The van der Waals surface area contributed by atoms with Crippen LogP contribution in [-0.4, -0.2) is 19.5 Å². The van der Waals surface area contributed by atoms with Crippen LogP contribution in [0.5, 0.6) is 0 Å². The highest BCUT2D eigenvalue weighted by atomic mass is 35.5. The smallest absolute Gasteiger partial charge is 0.238 e. The molecular weight excluding hydrogens is 260 g/mol. The lowest BCUT2D eigenvalue weighted by molar-refractivity contribution is -0.115. The highest BCUT2D eigenvalue weighted by molar-refractivity contribution is 6.05. The Balaban J connectivity index is 0.00000133. The fourth-order valence-corrected chi connectivity index (χ4v) is 2.71. The number of benzene rings is 2. The predicted molar refractivity (Wildman–Crippen MR) is 81.2 cm³/mol. The van der Waals surface area contributed by atoms with Crippen LogP contribution in [-0.2, 0) is 17.6 Å². The second-order valence-corrected chi connectivity index (χ2v) is 4.69. The van der Waals surface area contributed by atoms with Gasteiger partial charge in [-0.3, -0.25) is 4.79 Å². The van der Waals surface area contributed by atoms with E-state index in [-0.39, 0.29) is 18.3 Å². The summed E-state index contributed by atoms with van der Waals surface area (Å²) in [6, 6.07) is 10.5. The first-order chi connectivity index (χ1) is 8.79. The first-order valence-electron chi connectivity index (χ1n) is 6.27. The van der Waals surface area contributed by atoms with E-state index in [4.69, 9.17) is 0 Å². The van der Waals surface area contributed by atoms with Crippen LogP contribution in [0.3, 0.4) is 0 Å². The van der Waals surface area contributed by atoms with E-state index < -0.39 is 0 Å². The molecule has 2 aromatic rings. The second kappa shape index (κ2) is 5.59. The molecule has 0 aromatic heterocycles. The average Bonchev–Trinajstić information content (AvgIpc) is 2.78. The normalized spacial score (nSPS) is 12.3. The van der Waals surface area contributed by atoms with Crippen LogP contribution in [0.15, 0.2) is 30.3 Å². The molecule has 100 valence electrons. The van der Waals surface area contributed by atoms with Gasteiger partial charge in [0.25, 0.3) is 0 Å². The van der Waals surface area contributed by atoms with Crippen LogP contribution < -0.4 is 10.6 Å². The summed E-state index contributed by atoms with van der Waals surface area (Å²) in [7, 11) is 1.77. The minimum Gasteiger partial charge on any atom is -0.324 e. The van der Waals surface area contributed by atoms with E-state index >= 15 is 0 Å². The van der Waals surface area contributed by atoms with Crippen LogP contribution >= 0.6 is 12.4 Å². The number of aryl methyl sites for hydroxylation is 2. The number of nitrogens with one attached hydrogen (secondary N) is 2. The van der Waals surface area contributed by atoms with Gasteiger partial charge in [0, 0.05) is 11.1 Å². The van der Waals surface area contributed by atoms with Gasteiger partial charge in [-0.05, 0) is 42.5 Å². The molecule has 3 nitrogen and oxygen atoms in total. The average molecular weight is 277 g/mol. The van der Waals surface area contributed by atoms with Crippen molar-refractivity contribution < 1.29 is 4.79 Å². The number of carbonyl (C=O) groups excluding carboxylic acids is 1. The standard InChI is InChI=1S/C15H16N2O.ClH/c1-16-9-14(18)17-13-8-7-11-6-5-10-3-2-4-12(13)15(10)11;/h2-4,7-8,16H,5-6,9H2,1H3,(H,17,18);1H. The summed E-state index contributed by atoms with van der Waals surface area (Å²) in [5.74, 6) is -0.00352. The molecule has 0 bridgehead atoms. The van der Waals surface area contributed by atoms with Crippen LogP contribution in [0, 0.1) is 0 Å². The molecule has 4 heteroatoms. The third-order valence-corrected chi connectivity index (χ3v) is 3.49. The molecule has 3 rings (SSSR count). The summed E-state index contributed by atoms with van der Waals surface area (Å²) in [5.41, 5.74) is 3.71. The van der Waals surface area contributed by atoms with Gasteiger partial charge in [0.1, 0.15) is 0 Å². The van der Waals surface area contributed by atoms with Crippen molar-refractivity contribution in [2.24, 2.45) is 0 Å². The van der Waals surface area contributed by atoms with E-state index in [0.717, 1.165) is 23.9 Å². The number of amides is 1. The molecule has 19 heavy (non-hydrogen) atoms. The van der Waals surface area contributed by atoms with Gasteiger partial charge >= 0.3 is 0 Å². The predicted octanol–water partition coefficient (Wildman–Crippen LogP) is 2.52. The summed E-state index contributed by atoms with van der Waals surface area (Å²) in [6.07, 6.45) is 2.22. The topological polar surface area (TPSA) is 41.1 Å². The maximum atomic E-state index is 11.7. The highest BCUT2D eigenvalue weighted by Gasteiger charge is 2.16. The SMILES string of the molecule is CNCC(=O)Nc1ccc2c3c(cccc13)CC2.Cl. The molecule has 0 saturated carbocycles. The minimum atomic E-state index is -0.00352. The van der Waals surface area contributed by atoms with Crippen molar-refractivity contribution in [3.05, 3.63) is 41.5 Å². The van der Waals surface area contributed by atoms with Gasteiger partial charge in [0.15, 0.2) is 0 Å². The Bertz CT molecular complexity index is 615. The molecule has 0 saturated heterocycles. The Labute approximate surface area is 118 Å². The Morgan fingerprint density at radius 1 is 1.16 bits per heavy atom. The second-order valence-electron chi connectivity index (χ2n) is 4.69. The summed E-state index contributed by atoms with van der Waals surface area (Å²) >= 11 is 0. The number of hydrogen-bond acceptors (Lipinski definition) is 2. The van der Waals surface area contributed by atoms with Gasteiger partial charge < -0.3 is 10.6 Å². The van der Waals surface area contributed by atoms with Crippen molar-refractivity contribution >= 4 is 34.8 Å². The summed E-state index contributed by atoms with van der Waals surface area (Å²) in [5, 5.41) is 8.32. The lowest BCUT2D eigenvalue weighted by atomic mass is 10.0. The number of likely N-dealkylation sites (N-methyl/N-ethyl adjacent to an activating group) is 1. The van der Waals surface area contributed by atoms with E-state index in [1.54, 1.807) is 7.05 Å². The molecule has 0 spiro atoms. The molecule has 0 atom stereocenters. The Hall–Kier alpha value is -1.58. The van der Waals surface area contributed by atoms with Gasteiger partial charge in [-0.2, -0.15) is 0 Å². The van der Waals surface area contributed by atoms with E-state index in [1.165, 1.54) is 16.5 Å². The largest absolute Gasteiger partial charge is 0.324 e. The third-order valence-electron chi connectivity index (χ3n) is 3.49. The first-order valence-corrected chi connectivity index (χ1v) is 6.27. The van der Waals surface area contributed by atoms with Crippen molar-refractivity contribution in [3.63, 3.8) is 0 Å². The van der Waals surface area contributed by atoms with Crippen molar-refractivity contribution in [2.45, 2.75) is 12.8 Å². The van der Waals surface area contributed by atoms with Gasteiger partial charge in [-0.1, -0.05) is 24.3 Å². The van der Waals surface area contributed by atoms with E-state index in [9.17, 15) is 4.79 Å². The molecule has 1 aliphatic rings. The third kappa shape index (κ3) is 2.44. The zero-order chi connectivity index (χ0) is 12.5. The molecule has 1 aliphatic carbocycles. The van der Waals surface area contributed by atoms with Gasteiger partial charge in [-0.15, -0.1) is 12.4 Å². The van der Waals surface area contributed by atoms with Crippen molar-refractivity contribution in [1.29, 1.82) is 0 Å². The molecule has 1 amide bonds. The zero-order valence-electron chi connectivity index (χ0n) is 10.8. The maximum absolute atomic E-state index is 11.7. The summed E-state index contributed by atoms with van der Waals surface area (Å²) < 4.78 is 0. The zero-order valence-corrected chi connectivity index (χ0v) is 11.6. The van der Waals surface area contributed by atoms with Crippen LogP contribution in [0.25, 0.3) is 10.8 Å². The van der Waals surface area contributed by atoms with Crippen LogP contribution in [0.2, 0.25) is 0 Å². The Kier molecular flexibility index (Phi) is 4.08.